The summed E-state index contributed by atoms with van der Waals surface area (Å²) in [5, 5.41) is 0. The van der Waals surface area contributed by atoms with Crippen molar-refractivity contribution in [3.63, 3.8) is 0 Å². The molecule has 4 rings (SSSR count). The molecule has 0 N–H and O–H groups in total. The van der Waals surface area contributed by atoms with Crippen LogP contribution in [0.3, 0.4) is 0 Å². The molecule has 4 heteroatoms. The van der Waals surface area contributed by atoms with E-state index in [1.54, 1.807) is 14.2 Å². The van der Waals surface area contributed by atoms with Gasteiger partial charge in [0.1, 0.15) is 11.5 Å². The summed E-state index contributed by atoms with van der Waals surface area (Å²) in [6.45, 7) is 0. The van der Waals surface area contributed by atoms with Gasteiger partial charge in [0.25, 0.3) is 0 Å². The predicted octanol–water partition coefficient (Wildman–Crippen LogP) is 7.60. The summed E-state index contributed by atoms with van der Waals surface area (Å²) in [6, 6.07) is 33.1. The third-order valence-corrected chi connectivity index (χ3v) is 5.49. The topological polar surface area (TPSA) is 21.7 Å². The summed E-state index contributed by atoms with van der Waals surface area (Å²) in [6.07, 6.45) is 0. The third kappa shape index (κ3) is 4.34. The molecular formula is C26H22BrNO2. The maximum absolute atomic E-state index is 5.33. The van der Waals surface area contributed by atoms with Crippen LogP contribution in [0.2, 0.25) is 0 Å². The van der Waals surface area contributed by atoms with Gasteiger partial charge in [-0.05, 0) is 83.9 Å². The van der Waals surface area contributed by atoms with Crippen molar-refractivity contribution in [1.82, 2.24) is 0 Å². The first kappa shape index (κ1) is 20.0. The van der Waals surface area contributed by atoms with Crippen molar-refractivity contribution in [2.45, 2.75) is 0 Å². The largest absolute Gasteiger partial charge is 0.497 e. The van der Waals surface area contributed by atoms with E-state index in [2.05, 4.69) is 93.6 Å². The molecule has 0 amide bonds. The maximum atomic E-state index is 5.33. The molecule has 0 saturated carbocycles. The number of hydrogen-bond acceptors (Lipinski definition) is 3. The van der Waals surface area contributed by atoms with Crippen molar-refractivity contribution in [2.24, 2.45) is 0 Å². The quantitative estimate of drug-likeness (QED) is 0.296. The lowest BCUT2D eigenvalue weighted by atomic mass is 10.0. The van der Waals surface area contributed by atoms with Gasteiger partial charge in [0.05, 0.1) is 14.2 Å². The molecule has 0 aliphatic carbocycles. The van der Waals surface area contributed by atoms with Crippen LogP contribution in [0.5, 0.6) is 11.5 Å². The van der Waals surface area contributed by atoms with E-state index in [0.29, 0.717) is 0 Å². The highest BCUT2D eigenvalue weighted by atomic mass is 79.9. The minimum atomic E-state index is 0.832. The zero-order valence-corrected chi connectivity index (χ0v) is 18.5. The molecule has 0 radical (unpaired) electrons. The first-order valence-corrected chi connectivity index (χ1v) is 10.4. The Balaban J connectivity index is 1.73. The third-order valence-electron chi connectivity index (χ3n) is 4.96. The smallest absolute Gasteiger partial charge is 0.119 e. The molecule has 0 saturated heterocycles. The lowest BCUT2D eigenvalue weighted by Gasteiger charge is -2.26. The molecule has 4 aromatic rings. The predicted molar refractivity (Wildman–Crippen MR) is 127 cm³/mol. The first-order chi connectivity index (χ1) is 14.7. The Labute approximate surface area is 185 Å². The average molecular weight is 460 g/mol. The van der Waals surface area contributed by atoms with Gasteiger partial charge in [-0.2, -0.15) is 0 Å². The lowest BCUT2D eigenvalue weighted by Crippen LogP contribution is -2.09. The molecule has 3 nitrogen and oxygen atoms in total. The number of ether oxygens (including phenoxy) is 2. The van der Waals surface area contributed by atoms with Crippen LogP contribution >= 0.6 is 15.9 Å². The Morgan fingerprint density at radius 3 is 1.20 bits per heavy atom. The Kier molecular flexibility index (Phi) is 6.05. The summed E-state index contributed by atoms with van der Waals surface area (Å²) in [5.41, 5.74) is 5.54. The summed E-state index contributed by atoms with van der Waals surface area (Å²) in [7, 11) is 3.36. The van der Waals surface area contributed by atoms with Gasteiger partial charge in [-0.1, -0.05) is 40.2 Å². The molecule has 0 aliphatic heterocycles. The minimum absolute atomic E-state index is 0.832. The van der Waals surface area contributed by atoms with E-state index in [0.717, 1.165) is 33.0 Å². The van der Waals surface area contributed by atoms with Crippen LogP contribution in [0.15, 0.2) is 102 Å². The number of methoxy groups -OCH3 is 2. The average Bonchev–Trinajstić information content (AvgIpc) is 2.81. The van der Waals surface area contributed by atoms with Gasteiger partial charge in [0, 0.05) is 21.5 Å². The molecule has 30 heavy (non-hydrogen) atoms. The van der Waals surface area contributed by atoms with Crippen LogP contribution in [-0.4, -0.2) is 14.2 Å². The van der Waals surface area contributed by atoms with Gasteiger partial charge < -0.3 is 14.4 Å². The molecular weight excluding hydrogens is 438 g/mol. The molecule has 0 aromatic heterocycles. The fraction of sp³-hybridized carbons (Fsp3) is 0.0769. The highest BCUT2D eigenvalue weighted by Gasteiger charge is 2.13. The fourth-order valence-corrected chi connectivity index (χ4v) is 3.62. The number of benzene rings is 4. The van der Waals surface area contributed by atoms with Crippen LogP contribution in [0.4, 0.5) is 17.1 Å². The SMILES string of the molecule is COc1ccc(N(c2ccc(OC)cc2)c2ccc(-c3ccc(Br)cc3)cc2)cc1. The van der Waals surface area contributed by atoms with E-state index < -0.39 is 0 Å². The van der Waals surface area contributed by atoms with Crippen LogP contribution in [0.25, 0.3) is 11.1 Å². The molecule has 0 aliphatic rings. The Hall–Kier alpha value is -3.24. The van der Waals surface area contributed by atoms with E-state index in [1.165, 1.54) is 11.1 Å². The summed E-state index contributed by atoms with van der Waals surface area (Å²) in [4.78, 5) is 2.21. The van der Waals surface area contributed by atoms with Gasteiger partial charge in [0.2, 0.25) is 0 Å². The molecule has 0 spiro atoms. The number of halogens is 1. The van der Waals surface area contributed by atoms with Crippen LogP contribution in [0.1, 0.15) is 0 Å². The number of hydrogen-bond donors (Lipinski definition) is 0. The highest BCUT2D eigenvalue weighted by Crippen LogP contribution is 2.37. The summed E-state index contributed by atoms with van der Waals surface area (Å²) < 4.78 is 11.7. The monoisotopic (exact) mass is 459 g/mol. The van der Waals surface area contributed by atoms with E-state index >= 15 is 0 Å². The van der Waals surface area contributed by atoms with Crippen molar-refractivity contribution in [1.29, 1.82) is 0 Å². The second-order valence-corrected chi connectivity index (χ2v) is 7.70. The molecule has 0 heterocycles. The number of nitrogens with zero attached hydrogens (tertiary/aromatic N) is 1. The second kappa shape index (κ2) is 9.06. The van der Waals surface area contributed by atoms with Crippen LogP contribution in [0, 0.1) is 0 Å². The lowest BCUT2D eigenvalue weighted by molar-refractivity contribution is 0.415. The Bertz CT molecular complexity index is 1040. The number of anilines is 3. The van der Waals surface area contributed by atoms with E-state index in [9.17, 15) is 0 Å². The molecule has 150 valence electrons. The van der Waals surface area contributed by atoms with E-state index in [1.807, 2.05) is 24.3 Å². The van der Waals surface area contributed by atoms with Crippen molar-refractivity contribution in [3.8, 4) is 22.6 Å². The molecule has 4 aromatic carbocycles. The standard InChI is InChI=1S/C26H22BrNO2/c1-29-25-15-11-23(12-16-25)28(24-13-17-26(30-2)18-14-24)22-9-5-20(6-10-22)19-3-7-21(27)8-4-19/h3-18H,1-2H3. The first-order valence-electron chi connectivity index (χ1n) is 9.62. The zero-order valence-electron chi connectivity index (χ0n) is 16.9. The van der Waals surface area contributed by atoms with Crippen molar-refractivity contribution < 1.29 is 9.47 Å². The minimum Gasteiger partial charge on any atom is -0.497 e. The van der Waals surface area contributed by atoms with Crippen molar-refractivity contribution in [3.05, 3.63) is 102 Å². The van der Waals surface area contributed by atoms with Gasteiger partial charge in [-0.15, -0.1) is 0 Å². The van der Waals surface area contributed by atoms with Crippen molar-refractivity contribution in [2.75, 3.05) is 19.1 Å². The second-order valence-electron chi connectivity index (χ2n) is 6.79. The van der Waals surface area contributed by atoms with Gasteiger partial charge in [-0.25, -0.2) is 0 Å². The van der Waals surface area contributed by atoms with Crippen molar-refractivity contribution >= 4 is 33.0 Å². The summed E-state index contributed by atoms with van der Waals surface area (Å²) >= 11 is 3.50. The van der Waals surface area contributed by atoms with Gasteiger partial charge in [0.15, 0.2) is 0 Å². The summed E-state index contributed by atoms with van der Waals surface area (Å²) in [5.74, 6) is 1.66. The Morgan fingerprint density at radius 2 is 0.833 bits per heavy atom. The Morgan fingerprint density at radius 1 is 0.500 bits per heavy atom. The molecule has 0 unspecified atom stereocenters. The fourth-order valence-electron chi connectivity index (χ4n) is 3.36. The van der Waals surface area contributed by atoms with Gasteiger partial charge in [-0.3, -0.25) is 0 Å². The van der Waals surface area contributed by atoms with E-state index in [4.69, 9.17) is 9.47 Å². The molecule has 0 bridgehead atoms. The zero-order chi connectivity index (χ0) is 20.9. The normalized spacial score (nSPS) is 10.5. The van der Waals surface area contributed by atoms with Gasteiger partial charge >= 0.3 is 0 Å². The molecule has 0 atom stereocenters. The highest BCUT2D eigenvalue weighted by molar-refractivity contribution is 9.10. The molecule has 0 fully saturated rings. The van der Waals surface area contributed by atoms with Crippen LogP contribution in [-0.2, 0) is 0 Å². The number of rotatable bonds is 6. The maximum Gasteiger partial charge on any atom is 0.119 e. The van der Waals surface area contributed by atoms with Crippen LogP contribution < -0.4 is 14.4 Å². The van der Waals surface area contributed by atoms with E-state index in [-0.39, 0.29) is 0 Å².